The van der Waals surface area contributed by atoms with Crippen LogP contribution in [0, 0.1) is 5.41 Å². The van der Waals surface area contributed by atoms with Crippen molar-refractivity contribution in [2.75, 3.05) is 20.7 Å². The molecule has 0 aliphatic heterocycles. The fourth-order valence-electron chi connectivity index (χ4n) is 2.81. The molecule has 6 heteroatoms. The Morgan fingerprint density at radius 1 is 1.19 bits per heavy atom. The van der Waals surface area contributed by atoms with E-state index in [4.69, 9.17) is 0 Å². The summed E-state index contributed by atoms with van der Waals surface area (Å²) in [5.74, 6) is -1.33. The van der Waals surface area contributed by atoms with Gasteiger partial charge in [0.2, 0.25) is 5.91 Å². The van der Waals surface area contributed by atoms with Crippen LogP contribution >= 0.6 is 0 Å². The van der Waals surface area contributed by atoms with Crippen LogP contribution in [0.3, 0.4) is 0 Å². The minimum atomic E-state index is -0.897. The average Bonchev–Trinajstić information content (AvgIpc) is 2.47. The lowest BCUT2D eigenvalue weighted by Crippen LogP contribution is -2.40. The van der Waals surface area contributed by atoms with Gasteiger partial charge in [0.15, 0.2) is 0 Å². The fourth-order valence-corrected chi connectivity index (χ4v) is 2.81. The maximum absolute atomic E-state index is 12.2. The predicted molar refractivity (Wildman–Crippen MR) is 76.7 cm³/mol. The SMILES string of the molecule is COC(=O)CCCN(C)C(=O)CC1(C(=O)O)CCCCC1. The first-order valence-corrected chi connectivity index (χ1v) is 7.45. The molecular weight excluding hydrogens is 274 g/mol. The number of nitrogens with zero attached hydrogens (tertiary/aromatic N) is 1. The number of ether oxygens (including phenoxy) is 1. The second kappa shape index (κ2) is 8.00. The van der Waals surface area contributed by atoms with Crippen molar-refractivity contribution in [1.82, 2.24) is 4.90 Å². The second-order valence-electron chi connectivity index (χ2n) is 5.82. The Morgan fingerprint density at radius 2 is 1.81 bits per heavy atom. The van der Waals surface area contributed by atoms with Gasteiger partial charge in [-0.3, -0.25) is 14.4 Å². The van der Waals surface area contributed by atoms with Gasteiger partial charge >= 0.3 is 11.9 Å². The van der Waals surface area contributed by atoms with E-state index in [0.29, 0.717) is 25.8 Å². The minimum Gasteiger partial charge on any atom is -0.481 e. The zero-order valence-electron chi connectivity index (χ0n) is 12.9. The molecule has 1 amide bonds. The summed E-state index contributed by atoms with van der Waals surface area (Å²) in [6.07, 6.45) is 4.76. The molecule has 0 bridgehead atoms. The van der Waals surface area contributed by atoms with E-state index in [1.165, 1.54) is 12.0 Å². The minimum absolute atomic E-state index is 0.0526. The molecule has 0 unspecified atom stereocenters. The number of carbonyl (C=O) groups excluding carboxylic acids is 2. The van der Waals surface area contributed by atoms with Gasteiger partial charge in [-0.15, -0.1) is 0 Å². The molecule has 0 aromatic rings. The highest BCUT2D eigenvalue weighted by Crippen LogP contribution is 2.40. The normalized spacial score (nSPS) is 17.0. The van der Waals surface area contributed by atoms with Crippen molar-refractivity contribution < 1.29 is 24.2 Å². The summed E-state index contributed by atoms with van der Waals surface area (Å²) in [5.41, 5.74) is -0.897. The summed E-state index contributed by atoms with van der Waals surface area (Å²) in [7, 11) is 2.98. The van der Waals surface area contributed by atoms with Crippen molar-refractivity contribution in [1.29, 1.82) is 0 Å². The number of esters is 1. The molecule has 0 heterocycles. The van der Waals surface area contributed by atoms with Gasteiger partial charge in [-0.25, -0.2) is 0 Å². The third kappa shape index (κ3) is 5.02. The number of carbonyl (C=O) groups is 3. The molecule has 1 N–H and O–H groups in total. The average molecular weight is 299 g/mol. The van der Waals surface area contributed by atoms with Crippen LogP contribution in [0.4, 0.5) is 0 Å². The summed E-state index contributed by atoms with van der Waals surface area (Å²) in [6.45, 7) is 0.434. The molecule has 1 saturated carbocycles. The van der Waals surface area contributed by atoms with Crippen LogP contribution in [-0.4, -0.2) is 48.6 Å². The van der Waals surface area contributed by atoms with Gasteiger partial charge < -0.3 is 14.7 Å². The Bertz CT molecular complexity index is 388. The van der Waals surface area contributed by atoms with Gasteiger partial charge in [0, 0.05) is 26.4 Å². The maximum atomic E-state index is 12.2. The number of carboxylic acid groups (broad SMARTS) is 1. The number of methoxy groups -OCH3 is 1. The molecule has 21 heavy (non-hydrogen) atoms. The van der Waals surface area contributed by atoms with E-state index in [9.17, 15) is 19.5 Å². The first-order chi connectivity index (χ1) is 9.91. The summed E-state index contributed by atoms with van der Waals surface area (Å²) in [5, 5.41) is 9.47. The van der Waals surface area contributed by atoms with Gasteiger partial charge in [0.05, 0.1) is 12.5 Å². The van der Waals surface area contributed by atoms with Crippen LogP contribution in [0.25, 0.3) is 0 Å². The number of amides is 1. The van der Waals surface area contributed by atoms with Crippen molar-refractivity contribution in [2.24, 2.45) is 5.41 Å². The molecule has 120 valence electrons. The smallest absolute Gasteiger partial charge is 0.310 e. The van der Waals surface area contributed by atoms with Gasteiger partial charge in [-0.2, -0.15) is 0 Å². The van der Waals surface area contributed by atoms with Crippen molar-refractivity contribution in [3.05, 3.63) is 0 Å². The molecule has 6 nitrogen and oxygen atoms in total. The molecular formula is C15H25NO5. The van der Waals surface area contributed by atoms with E-state index in [2.05, 4.69) is 4.74 Å². The first kappa shape index (κ1) is 17.5. The number of hydrogen-bond acceptors (Lipinski definition) is 4. The standard InChI is InChI=1S/C15H25NO5/c1-16(10-6-7-13(18)21-2)12(17)11-15(14(19)20)8-4-3-5-9-15/h3-11H2,1-2H3,(H,19,20). The maximum Gasteiger partial charge on any atom is 0.310 e. The van der Waals surface area contributed by atoms with Crippen LogP contribution in [0.1, 0.15) is 51.4 Å². The molecule has 0 atom stereocenters. The van der Waals surface area contributed by atoms with E-state index >= 15 is 0 Å². The number of carboxylic acids is 1. The molecule has 0 radical (unpaired) electrons. The summed E-state index contributed by atoms with van der Waals surface area (Å²) >= 11 is 0. The van der Waals surface area contributed by atoms with E-state index in [-0.39, 0.29) is 24.7 Å². The van der Waals surface area contributed by atoms with Crippen molar-refractivity contribution in [3.8, 4) is 0 Å². The van der Waals surface area contributed by atoms with Crippen LogP contribution in [0.5, 0.6) is 0 Å². The summed E-state index contributed by atoms with van der Waals surface area (Å²) < 4.78 is 4.54. The number of hydrogen-bond donors (Lipinski definition) is 1. The van der Waals surface area contributed by atoms with E-state index in [0.717, 1.165) is 19.3 Å². The highest BCUT2D eigenvalue weighted by atomic mass is 16.5. The Hall–Kier alpha value is -1.59. The lowest BCUT2D eigenvalue weighted by atomic mass is 9.71. The quantitative estimate of drug-likeness (QED) is 0.725. The van der Waals surface area contributed by atoms with Crippen LogP contribution < -0.4 is 0 Å². The molecule has 0 spiro atoms. The van der Waals surface area contributed by atoms with Crippen molar-refractivity contribution in [2.45, 2.75) is 51.4 Å². The van der Waals surface area contributed by atoms with Gasteiger partial charge in [0.25, 0.3) is 0 Å². The molecule has 1 rings (SSSR count). The Balaban J connectivity index is 2.49. The molecule has 1 fully saturated rings. The number of aliphatic carboxylic acids is 1. The zero-order valence-corrected chi connectivity index (χ0v) is 12.9. The van der Waals surface area contributed by atoms with Gasteiger partial charge in [-0.05, 0) is 19.3 Å². The largest absolute Gasteiger partial charge is 0.481 e. The van der Waals surface area contributed by atoms with Crippen molar-refractivity contribution in [3.63, 3.8) is 0 Å². The molecule has 1 aliphatic carbocycles. The number of rotatable bonds is 7. The monoisotopic (exact) mass is 299 g/mol. The molecule has 1 aliphatic rings. The van der Waals surface area contributed by atoms with E-state index in [1.54, 1.807) is 7.05 Å². The lowest BCUT2D eigenvalue weighted by molar-refractivity contribution is -0.155. The molecule has 0 aromatic heterocycles. The third-order valence-electron chi connectivity index (χ3n) is 4.28. The Morgan fingerprint density at radius 3 is 2.33 bits per heavy atom. The first-order valence-electron chi connectivity index (χ1n) is 7.45. The predicted octanol–water partition coefficient (Wildman–Crippen LogP) is 1.82. The zero-order chi connectivity index (χ0) is 15.9. The second-order valence-corrected chi connectivity index (χ2v) is 5.82. The highest BCUT2D eigenvalue weighted by molar-refractivity contribution is 5.85. The van der Waals surface area contributed by atoms with Gasteiger partial charge in [0.1, 0.15) is 0 Å². The highest BCUT2D eigenvalue weighted by Gasteiger charge is 2.41. The topological polar surface area (TPSA) is 83.9 Å². The van der Waals surface area contributed by atoms with Crippen molar-refractivity contribution >= 4 is 17.8 Å². The molecule has 0 aromatic carbocycles. The summed E-state index contributed by atoms with van der Waals surface area (Å²) in [6, 6.07) is 0. The van der Waals surface area contributed by atoms with Crippen LogP contribution in [0.15, 0.2) is 0 Å². The van der Waals surface area contributed by atoms with E-state index in [1.807, 2.05) is 0 Å². The van der Waals surface area contributed by atoms with E-state index < -0.39 is 11.4 Å². The third-order valence-corrected chi connectivity index (χ3v) is 4.28. The fraction of sp³-hybridized carbons (Fsp3) is 0.800. The molecule has 0 saturated heterocycles. The Kier molecular flexibility index (Phi) is 6.65. The van der Waals surface area contributed by atoms with Crippen LogP contribution in [-0.2, 0) is 19.1 Å². The summed E-state index contributed by atoms with van der Waals surface area (Å²) in [4.78, 5) is 36.3. The van der Waals surface area contributed by atoms with Crippen LogP contribution in [0.2, 0.25) is 0 Å². The lowest BCUT2D eigenvalue weighted by Gasteiger charge is -2.33. The van der Waals surface area contributed by atoms with Gasteiger partial charge in [-0.1, -0.05) is 19.3 Å². The Labute approximate surface area is 125 Å².